The average molecular weight is 138 g/mol. The maximum Gasteiger partial charge on any atom is 0.307 e. The second-order valence-corrected chi connectivity index (χ2v) is 2.77. The lowest BCUT2D eigenvalue weighted by Gasteiger charge is -2.09. The van der Waals surface area contributed by atoms with Crippen LogP contribution >= 0.6 is 0 Å². The Morgan fingerprint density at radius 2 is 0.900 bits per heavy atom. The third-order valence-electron chi connectivity index (χ3n) is 2.04. The molecule has 0 atom stereocenters. The first kappa shape index (κ1) is 6.67. The van der Waals surface area contributed by atoms with Gasteiger partial charge in [-0.3, -0.25) is 0 Å². The fourth-order valence-corrected chi connectivity index (χ4v) is 1.53. The largest absolute Gasteiger partial charge is 0.345 e. The molecule has 2 heterocycles. The SMILES string of the molecule is C1CNB(B2NCCN2)N1. The van der Waals surface area contributed by atoms with Crippen LogP contribution in [0, 0.1) is 0 Å². The second kappa shape index (κ2) is 2.92. The molecule has 0 unspecified atom stereocenters. The van der Waals surface area contributed by atoms with Gasteiger partial charge < -0.3 is 20.9 Å². The van der Waals surface area contributed by atoms with E-state index in [-0.39, 0.29) is 0 Å². The Bertz CT molecular complexity index is 95.8. The number of hydrogen-bond acceptors (Lipinski definition) is 4. The topological polar surface area (TPSA) is 48.1 Å². The van der Waals surface area contributed by atoms with Crippen LogP contribution in [0.15, 0.2) is 0 Å². The molecule has 0 saturated carbocycles. The van der Waals surface area contributed by atoms with E-state index in [1.165, 1.54) is 0 Å². The third kappa shape index (κ3) is 1.20. The average Bonchev–Trinajstić information content (AvgIpc) is 2.59. The summed E-state index contributed by atoms with van der Waals surface area (Å²) in [5.74, 6) is 0. The van der Waals surface area contributed by atoms with Gasteiger partial charge in [0.25, 0.3) is 0 Å². The van der Waals surface area contributed by atoms with Crippen molar-refractivity contribution in [3.63, 3.8) is 0 Å². The van der Waals surface area contributed by atoms with E-state index in [9.17, 15) is 0 Å². The molecule has 0 aromatic carbocycles. The zero-order valence-electron chi connectivity index (χ0n) is 5.98. The highest BCUT2D eigenvalue weighted by atomic mass is 15.1. The Morgan fingerprint density at radius 3 is 1.20 bits per heavy atom. The Hall–Kier alpha value is -0.0301. The fourth-order valence-electron chi connectivity index (χ4n) is 1.53. The maximum absolute atomic E-state index is 3.36. The summed E-state index contributed by atoms with van der Waals surface area (Å²) < 4.78 is 0. The van der Waals surface area contributed by atoms with Gasteiger partial charge in [-0.25, -0.2) is 0 Å². The summed E-state index contributed by atoms with van der Waals surface area (Å²) in [5.41, 5.74) is 0. The van der Waals surface area contributed by atoms with Gasteiger partial charge in [-0.05, 0) is 26.2 Å². The van der Waals surface area contributed by atoms with Crippen molar-refractivity contribution in [2.75, 3.05) is 26.2 Å². The first-order chi connectivity index (χ1) is 4.97. The monoisotopic (exact) mass is 138 g/mol. The molecule has 2 rings (SSSR count). The summed E-state index contributed by atoms with van der Waals surface area (Å²) in [5, 5.41) is 13.4. The highest BCUT2D eigenvalue weighted by molar-refractivity contribution is 7.18. The third-order valence-corrected chi connectivity index (χ3v) is 2.04. The van der Waals surface area contributed by atoms with Gasteiger partial charge in [0.05, 0.1) is 0 Å². The van der Waals surface area contributed by atoms with Crippen molar-refractivity contribution in [1.29, 1.82) is 0 Å². The van der Waals surface area contributed by atoms with Gasteiger partial charge >= 0.3 is 13.7 Å². The Kier molecular flexibility index (Phi) is 1.95. The standard InChI is InChI=1S/C4H12B2N4/c1-2-8-5(7-1)6-9-3-4-10-6/h7-10H,1-4H2. The van der Waals surface area contributed by atoms with Crippen LogP contribution in [0.2, 0.25) is 0 Å². The van der Waals surface area contributed by atoms with E-state index in [0.717, 1.165) is 26.2 Å². The molecule has 4 N–H and O–H groups in total. The van der Waals surface area contributed by atoms with E-state index in [1.54, 1.807) is 0 Å². The van der Waals surface area contributed by atoms with E-state index in [2.05, 4.69) is 20.9 Å². The molecule has 0 radical (unpaired) electrons. The molecule has 4 nitrogen and oxygen atoms in total. The van der Waals surface area contributed by atoms with Gasteiger partial charge in [-0.2, -0.15) is 0 Å². The lowest BCUT2D eigenvalue weighted by molar-refractivity contribution is 0.942. The molecule has 0 bridgehead atoms. The van der Waals surface area contributed by atoms with Crippen LogP contribution in [0.3, 0.4) is 0 Å². The van der Waals surface area contributed by atoms with Crippen LogP contribution in [0.4, 0.5) is 0 Å². The van der Waals surface area contributed by atoms with Crippen LogP contribution in [0.1, 0.15) is 0 Å². The smallest absolute Gasteiger partial charge is 0.307 e. The summed E-state index contributed by atoms with van der Waals surface area (Å²) in [4.78, 5) is 0. The number of hydrogen-bond donors (Lipinski definition) is 4. The lowest BCUT2D eigenvalue weighted by Crippen LogP contribution is -2.62. The lowest BCUT2D eigenvalue weighted by atomic mass is 9.36. The molecule has 0 spiro atoms. The first-order valence-electron chi connectivity index (χ1n) is 3.90. The van der Waals surface area contributed by atoms with E-state index >= 15 is 0 Å². The molecule has 0 amide bonds. The molecule has 54 valence electrons. The minimum absolute atomic E-state index is 0.433. The van der Waals surface area contributed by atoms with Crippen molar-refractivity contribution in [3.05, 3.63) is 0 Å². The van der Waals surface area contributed by atoms with Gasteiger partial charge in [-0.1, -0.05) is 0 Å². The summed E-state index contributed by atoms with van der Waals surface area (Å²) >= 11 is 0. The van der Waals surface area contributed by atoms with Gasteiger partial charge in [-0.15, -0.1) is 0 Å². The molecule has 0 aliphatic carbocycles. The number of rotatable bonds is 1. The zero-order chi connectivity index (χ0) is 6.81. The highest BCUT2D eigenvalue weighted by Crippen LogP contribution is 1.86. The molecule has 6 heteroatoms. The molecular formula is C4H12B2N4. The molecule has 2 aliphatic rings. The minimum Gasteiger partial charge on any atom is -0.345 e. The molecule has 2 fully saturated rings. The quantitative estimate of drug-likeness (QED) is 0.300. The van der Waals surface area contributed by atoms with Gasteiger partial charge in [0.1, 0.15) is 0 Å². The Labute approximate surface area is 61.7 Å². The maximum atomic E-state index is 3.36. The fraction of sp³-hybridized carbons (Fsp3) is 1.00. The summed E-state index contributed by atoms with van der Waals surface area (Å²) in [6.07, 6.45) is 0. The first-order valence-corrected chi connectivity index (χ1v) is 3.90. The normalized spacial score (nSPS) is 26.4. The van der Waals surface area contributed by atoms with Crippen LogP contribution in [-0.4, -0.2) is 39.9 Å². The van der Waals surface area contributed by atoms with Crippen molar-refractivity contribution in [2.24, 2.45) is 0 Å². The predicted octanol–water partition coefficient (Wildman–Crippen LogP) is -2.57. The van der Waals surface area contributed by atoms with Crippen molar-refractivity contribution in [1.82, 2.24) is 20.9 Å². The van der Waals surface area contributed by atoms with Gasteiger partial charge in [0.15, 0.2) is 0 Å². The van der Waals surface area contributed by atoms with Crippen LogP contribution < -0.4 is 20.9 Å². The summed E-state index contributed by atoms with van der Waals surface area (Å²) in [6, 6.07) is 0. The Morgan fingerprint density at radius 1 is 0.600 bits per heavy atom. The van der Waals surface area contributed by atoms with E-state index in [0.29, 0.717) is 13.7 Å². The van der Waals surface area contributed by atoms with Crippen LogP contribution in [-0.2, 0) is 0 Å². The van der Waals surface area contributed by atoms with Crippen molar-refractivity contribution >= 4 is 13.7 Å². The van der Waals surface area contributed by atoms with E-state index in [1.807, 2.05) is 0 Å². The second-order valence-electron chi connectivity index (χ2n) is 2.77. The molecule has 10 heavy (non-hydrogen) atoms. The summed E-state index contributed by atoms with van der Waals surface area (Å²) in [6.45, 7) is 5.22. The molecule has 0 aromatic heterocycles. The van der Waals surface area contributed by atoms with E-state index < -0.39 is 0 Å². The molecule has 2 aliphatic heterocycles. The van der Waals surface area contributed by atoms with Gasteiger partial charge in [0.2, 0.25) is 0 Å². The summed E-state index contributed by atoms with van der Waals surface area (Å²) in [7, 11) is 0. The molecule has 0 aromatic rings. The van der Waals surface area contributed by atoms with E-state index in [4.69, 9.17) is 0 Å². The van der Waals surface area contributed by atoms with Crippen molar-refractivity contribution in [2.45, 2.75) is 0 Å². The number of nitrogens with one attached hydrogen (secondary N) is 4. The van der Waals surface area contributed by atoms with Crippen molar-refractivity contribution < 1.29 is 0 Å². The van der Waals surface area contributed by atoms with Gasteiger partial charge in [0, 0.05) is 0 Å². The van der Waals surface area contributed by atoms with Crippen LogP contribution in [0.25, 0.3) is 0 Å². The van der Waals surface area contributed by atoms with Crippen molar-refractivity contribution in [3.8, 4) is 0 Å². The minimum atomic E-state index is 0.433. The van der Waals surface area contributed by atoms with Crippen LogP contribution in [0.5, 0.6) is 0 Å². The highest BCUT2D eigenvalue weighted by Gasteiger charge is 2.34. The molecular weight excluding hydrogens is 126 g/mol. The zero-order valence-corrected chi connectivity index (χ0v) is 5.98. The Balaban J connectivity index is 1.85. The predicted molar refractivity (Wildman–Crippen MR) is 43.5 cm³/mol. The molecule has 2 saturated heterocycles.